The highest BCUT2D eigenvalue weighted by Crippen LogP contribution is 2.31. The molecule has 0 spiro atoms. The van der Waals surface area contributed by atoms with Crippen molar-refractivity contribution in [3.05, 3.63) is 35.4 Å². The van der Waals surface area contributed by atoms with Crippen LogP contribution in [0.25, 0.3) is 0 Å². The van der Waals surface area contributed by atoms with E-state index in [0.717, 1.165) is 45.1 Å². The molecule has 1 unspecified atom stereocenters. The number of nitrogens with zero attached hydrogens (tertiary/aromatic N) is 1. The van der Waals surface area contributed by atoms with Gasteiger partial charge in [-0.1, -0.05) is 24.3 Å². The zero-order valence-electron chi connectivity index (χ0n) is 11.9. The Balaban J connectivity index is 1.65. The molecule has 1 saturated heterocycles. The van der Waals surface area contributed by atoms with Crippen molar-refractivity contribution >= 4 is 17.5 Å². The van der Waals surface area contributed by atoms with Gasteiger partial charge in [0.2, 0.25) is 5.91 Å². The molecule has 1 aliphatic carbocycles. The van der Waals surface area contributed by atoms with Crippen LogP contribution in [0.1, 0.15) is 36.8 Å². The summed E-state index contributed by atoms with van der Waals surface area (Å²) in [7, 11) is 0. The minimum absolute atomic E-state index is 0.170. The Bertz CT molecular complexity index is 463. The van der Waals surface area contributed by atoms with E-state index in [1.807, 2.05) is 0 Å². The van der Waals surface area contributed by atoms with Gasteiger partial charge in [0.1, 0.15) is 0 Å². The van der Waals surface area contributed by atoms with Crippen LogP contribution >= 0.6 is 11.6 Å². The standard InChI is InChI=1S/C17H22ClNO/c18-9-3-7-16-8-4-10-19(16)17(20)15-11-13-5-1-2-6-14(13)12-15/h1-2,5-6,15-16H,3-4,7-12H2. The largest absolute Gasteiger partial charge is 0.339 e. The van der Waals surface area contributed by atoms with Gasteiger partial charge in [-0.15, -0.1) is 11.6 Å². The number of hydrogen-bond acceptors (Lipinski definition) is 1. The first-order valence-electron chi connectivity index (χ1n) is 7.73. The SMILES string of the molecule is O=C(C1Cc2ccccc2C1)N1CCCC1CCCCl. The van der Waals surface area contributed by atoms with Crippen molar-refractivity contribution in [3.63, 3.8) is 0 Å². The number of amides is 1. The quantitative estimate of drug-likeness (QED) is 0.779. The molecule has 0 radical (unpaired) electrons. The molecule has 1 aromatic carbocycles. The summed E-state index contributed by atoms with van der Waals surface area (Å²) in [5.74, 6) is 1.25. The Morgan fingerprint density at radius 1 is 1.25 bits per heavy atom. The number of hydrogen-bond donors (Lipinski definition) is 0. The Morgan fingerprint density at radius 3 is 2.60 bits per heavy atom. The first-order valence-corrected chi connectivity index (χ1v) is 8.26. The molecule has 0 N–H and O–H groups in total. The molecular formula is C17H22ClNO. The predicted molar refractivity (Wildman–Crippen MR) is 82.0 cm³/mol. The summed E-state index contributed by atoms with van der Waals surface area (Å²) in [5, 5.41) is 0. The molecule has 108 valence electrons. The lowest BCUT2D eigenvalue weighted by atomic mass is 10.0. The maximum absolute atomic E-state index is 12.8. The van der Waals surface area contributed by atoms with Crippen LogP contribution in [-0.2, 0) is 17.6 Å². The van der Waals surface area contributed by atoms with Gasteiger partial charge in [0.15, 0.2) is 0 Å². The highest BCUT2D eigenvalue weighted by molar-refractivity contribution is 6.17. The van der Waals surface area contributed by atoms with Crippen molar-refractivity contribution in [1.82, 2.24) is 4.90 Å². The van der Waals surface area contributed by atoms with E-state index in [1.165, 1.54) is 11.1 Å². The molecule has 1 fully saturated rings. The summed E-state index contributed by atoms with van der Waals surface area (Å²) in [6, 6.07) is 8.91. The summed E-state index contributed by atoms with van der Waals surface area (Å²) in [4.78, 5) is 14.9. The maximum atomic E-state index is 12.8. The molecule has 20 heavy (non-hydrogen) atoms. The third-order valence-electron chi connectivity index (χ3n) is 4.73. The Hall–Kier alpha value is -1.02. The zero-order valence-corrected chi connectivity index (χ0v) is 12.6. The average Bonchev–Trinajstić information content (AvgIpc) is 3.10. The molecule has 0 bridgehead atoms. The van der Waals surface area contributed by atoms with Gasteiger partial charge < -0.3 is 4.90 Å². The van der Waals surface area contributed by atoms with E-state index < -0.39 is 0 Å². The fraction of sp³-hybridized carbons (Fsp3) is 0.588. The highest BCUT2D eigenvalue weighted by Gasteiger charge is 2.35. The first kappa shape index (κ1) is 13.9. The Labute approximate surface area is 126 Å². The maximum Gasteiger partial charge on any atom is 0.226 e. The van der Waals surface area contributed by atoms with E-state index >= 15 is 0 Å². The third kappa shape index (κ3) is 2.71. The van der Waals surface area contributed by atoms with Gasteiger partial charge in [0.05, 0.1) is 0 Å². The molecule has 2 aliphatic rings. The van der Waals surface area contributed by atoms with Crippen molar-refractivity contribution in [1.29, 1.82) is 0 Å². The lowest BCUT2D eigenvalue weighted by molar-refractivity contribution is -0.136. The molecule has 0 saturated carbocycles. The summed E-state index contributed by atoms with van der Waals surface area (Å²) < 4.78 is 0. The highest BCUT2D eigenvalue weighted by atomic mass is 35.5. The molecule has 3 rings (SSSR count). The molecule has 1 aliphatic heterocycles. The fourth-order valence-electron chi connectivity index (χ4n) is 3.71. The van der Waals surface area contributed by atoms with Crippen LogP contribution in [0.2, 0.25) is 0 Å². The lowest BCUT2D eigenvalue weighted by Gasteiger charge is -2.27. The topological polar surface area (TPSA) is 20.3 Å². The molecule has 1 atom stereocenters. The van der Waals surface area contributed by atoms with Crippen LogP contribution in [-0.4, -0.2) is 29.3 Å². The van der Waals surface area contributed by atoms with Crippen molar-refractivity contribution in [2.24, 2.45) is 5.92 Å². The van der Waals surface area contributed by atoms with Crippen LogP contribution in [0, 0.1) is 5.92 Å². The normalized spacial score (nSPS) is 22.2. The van der Waals surface area contributed by atoms with Crippen LogP contribution in [0.15, 0.2) is 24.3 Å². The van der Waals surface area contributed by atoms with E-state index in [4.69, 9.17) is 11.6 Å². The van der Waals surface area contributed by atoms with Gasteiger partial charge in [-0.3, -0.25) is 4.79 Å². The fourth-order valence-corrected chi connectivity index (χ4v) is 3.86. The summed E-state index contributed by atoms with van der Waals surface area (Å²) >= 11 is 5.79. The minimum Gasteiger partial charge on any atom is -0.339 e. The van der Waals surface area contributed by atoms with Gasteiger partial charge in [-0.05, 0) is 49.7 Å². The van der Waals surface area contributed by atoms with Crippen molar-refractivity contribution in [2.45, 2.75) is 44.6 Å². The molecule has 1 amide bonds. The molecule has 1 heterocycles. The van der Waals surface area contributed by atoms with Gasteiger partial charge in [-0.2, -0.15) is 0 Å². The Kier molecular flexibility index (Phi) is 4.30. The van der Waals surface area contributed by atoms with Crippen LogP contribution in [0.5, 0.6) is 0 Å². The number of alkyl halides is 1. The van der Waals surface area contributed by atoms with Crippen molar-refractivity contribution < 1.29 is 4.79 Å². The van der Waals surface area contributed by atoms with E-state index in [0.29, 0.717) is 17.8 Å². The summed E-state index contributed by atoms with van der Waals surface area (Å²) in [6.07, 6.45) is 6.23. The first-order chi connectivity index (χ1) is 9.79. The van der Waals surface area contributed by atoms with Crippen LogP contribution in [0.4, 0.5) is 0 Å². The lowest BCUT2D eigenvalue weighted by Crippen LogP contribution is -2.40. The average molecular weight is 292 g/mol. The second-order valence-corrected chi connectivity index (χ2v) is 6.41. The Morgan fingerprint density at radius 2 is 1.95 bits per heavy atom. The zero-order chi connectivity index (χ0) is 13.9. The summed E-state index contributed by atoms with van der Waals surface area (Å²) in [5.41, 5.74) is 2.73. The van der Waals surface area contributed by atoms with E-state index in [-0.39, 0.29) is 5.92 Å². The van der Waals surface area contributed by atoms with E-state index in [2.05, 4.69) is 29.2 Å². The number of carbonyl (C=O) groups is 1. The molecule has 0 aromatic heterocycles. The molecule has 2 nitrogen and oxygen atoms in total. The van der Waals surface area contributed by atoms with Crippen molar-refractivity contribution in [3.8, 4) is 0 Å². The van der Waals surface area contributed by atoms with Gasteiger partial charge in [-0.25, -0.2) is 0 Å². The number of carbonyl (C=O) groups excluding carboxylic acids is 1. The monoisotopic (exact) mass is 291 g/mol. The van der Waals surface area contributed by atoms with Crippen LogP contribution < -0.4 is 0 Å². The number of rotatable bonds is 4. The van der Waals surface area contributed by atoms with Crippen molar-refractivity contribution in [2.75, 3.05) is 12.4 Å². The predicted octanol–water partition coefficient (Wildman–Crippen LogP) is 3.41. The molecular weight excluding hydrogens is 270 g/mol. The van der Waals surface area contributed by atoms with E-state index in [1.54, 1.807) is 0 Å². The smallest absolute Gasteiger partial charge is 0.226 e. The van der Waals surface area contributed by atoms with E-state index in [9.17, 15) is 4.79 Å². The van der Waals surface area contributed by atoms with Gasteiger partial charge in [0.25, 0.3) is 0 Å². The second kappa shape index (κ2) is 6.17. The van der Waals surface area contributed by atoms with Gasteiger partial charge in [0, 0.05) is 24.4 Å². The number of fused-ring (bicyclic) bond motifs is 1. The third-order valence-corrected chi connectivity index (χ3v) is 5.00. The minimum atomic E-state index is 0.170. The molecule has 3 heteroatoms. The second-order valence-electron chi connectivity index (χ2n) is 6.03. The number of halogens is 1. The molecule has 1 aromatic rings. The number of benzene rings is 1. The van der Waals surface area contributed by atoms with Crippen LogP contribution in [0.3, 0.4) is 0 Å². The number of likely N-dealkylation sites (tertiary alicyclic amines) is 1. The van der Waals surface area contributed by atoms with Gasteiger partial charge >= 0.3 is 0 Å². The summed E-state index contributed by atoms with van der Waals surface area (Å²) in [6.45, 7) is 0.943.